The summed E-state index contributed by atoms with van der Waals surface area (Å²) in [5.74, 6) is 1.74. The van der Waals surface area contributed by atoms with E-state index in [0.717, 1.165) is 56.3 Å². The van der Waals surface area contributed by atoms with Gasteiger partial charge in [0.2, 0.25) is 0 Å². The molecule has 1 saturated heterocycles. The minimum atomic E-state index is 0.455. The fourth-order valence-electron chi connectivity index (χ4n) is 3.22. The number of nitrogens with zero attached hydrogens (tertiary/aromatic N) is 2. The second-order valence-electron chi connectivity index (χ2n) is 7.05. The Morgan fingerprint density at radius 2 is 2.07 bits per heavy atom. The summed E-state index contributed by atoms with van der Waals surface area (Å²) in [6, 6.07) is 8.49. The quantitative estimate of drug-likeness (QED) is 0.398. The van der Waals surface area contributed by atoms with Gasteiger partial charge in [0.15, 0.2) is 5.96 Å². The predicted octanol–water partition coefficient (Wildman–Crippen LogP) is 3.35. The first-order chi connectivity index (χ1) is 13.1. The van der Waals surface area contributed by atoms with Crippen molar-refractivity contribution in [2.45, 2.75) is 39.3 Å². The molecule has 1 fully saturated rings. The third kappa shape index (κ3) is 7.47. The maximum atomic E-state index is 5.73. The van der Waals surface area contributed by atoms with Crippen LogP contribution in [0.4, 0.5) is 0 Å². The SMILES string of the molecule is C=CCOc1ccccc1CN=C(NCC)NC1CCN(CC(=C)C)CC1. The molecular weight excluding hydrogens is 336 g/mol. The van der Waals surface area contributed by atoms with Crippen LogP contribution in [-0.2, 0) is 6.54 Å². The number of benzene rings is 1. The molecule has 0 radical (unpaired) electrons. The van der Waals surface area contributed by atoms with E-state index in [1.165, 1.54) is 5.57 Å². The summed E-state index contributed by atoms with van der Waals surface area (Å²) in [4.78, 5) is 7.24. The minimum absolute atomic E-state index is 0.455. The van der Waals surface area contributed by atoms with Gasteiger partial charge in [-0.3, -0.25) is 4.90 Å². The average molecular weight is 371 g/mol. The molecule has 1 heterocycles. The van der Waals surface area contributed by atoms with Crippen LogP contribution in [0.25, 0.3) is 0 Å². The topological polar surface area (TPSA) is 48.9 Å². The second kappa shape index (κ2) is 11.4. The lowest BCUT2D eigenvalue weighted by atomic mass is 10.0. The molecule has 5 heteroatoms. The molecule has 2 N–H and O–H groups in total. The van der Waals surface area contributed by atoms with Gasteiger partial charge in [-0.05, 0) is 32.8 Å². The van der Waals surface area contributed by atoms with Crippen LogP contribution in [-0.4, -0.2) is 49.7 Å². The predicted molar refractivity (Wildman–Crippen MR) is 114 cm³/mol. The van der Waals surface area contributed by atoms with Crippen LogP contribution in [0.3, 0.4) is 0 Å². The summed E-state index contributed by atoms with van der Waals surface area (Å²) < 4.78 is 5.73. The van der Waals surface area contributed by atoms with E-state index in [1.807, 2.05) is 18.2 Å². The smallest absolute Gasteiger partial charge is 0.191 e. The molecule has 0 spiro atoms. The van der Waals surface area contributed by atoms with Crippen LogP contribution < -0.4 is 15.4 Å². The van der Waals surface area contributed by atoms with Crippen molar-refractivity contribution in [3.63, 3.8) is 0 Å². The number of nitrogens with one attached hydrogen (secondary N) is 2. The Morgan fingerprint density at radius 1 is 1.33 bits per heavy atom. The van der Waals surface area contributed by atoms with Gasteiger partial charge in [-0.1, -0.05) is 43.0 Å². The number of rotatable bonds is 9. The fraction of sp³-hybridized carbons (Fsp3) is 0.500. The first kappa shape index (κ1) is 21.0. The van der Waals surface area contributed by atoms with Crippen molar-refractivity contribution in [2.24, 2.45) is 4.99 Å². The summed E-state index contributed by atoms with van der Waals surface area (Å²) in [6.45, 7) is 17.0. The lowest BCUT2D eigenvalue weighted by Crippen LogP contribution is -2.48. The summed E-state index contributed by atoms with van der Waals surface area (Å²) in [6.07, 6.45) is 4.00. The molecule has 27 heavy (non-hydrogen) atoms. The largest absolute Gasteiger partial charge is 0.489 e. The second-order valence-corrected chi connectivity index (χ2v) is 7.05. The first-order valence-electron chi connectivity index (χ1n) is 9.85. The summed E-state index contributed by atoms with van der Waals surface area (Å²) >= 11 is 0. The number of guanidine groups is 1. The van der Waals surface area contributed by atoms with Gasteiger partial charge in [-0.2, -0.15) is 0 Å². The zero-order chi connectivity index (χ0) is 19.5. The zero-order valence-corrected chi connectivity index (χ0v) is 16.8. The van der Waals surface area contributed by atoms with Crippen LogP contribution >= 0.6 is 0 Å². The van der Waals surface area contributed by atoms with E-state index < -0.39 is 0 Å². The molecule has 0 atom stereocenters. The highest BCUT2D eigenvalue weighted by Gasteiger charge is 2.19. The fourth-order valence-corrected chi connectivity index (χ4v) is 3.22. The number of piperidine rings is 1. The van der Waals surface area contributed by atoms with Crippen molar-refractivity contribution >= 4 is 5.96 Å². The summed E-state index contributed by atoms with van der Waals surface area (Å²) in [7, 11) is 0. The van der Waals surface area contributed by atoms with Crippen molar-refractivity contribution < 1.29 is 4.74 Å². The normalized spacial score (nSPS) is 16.0. The number of hydrogen-bond acceptors (Lipinski definition) is 3. The van der Waals surface area contributed by atoms with E-state index in [4.69, 9.17) is 9.73 Å². The molecule has 1 aromatic rings. The van der Waals surface area contributed by atoms with E-state index in [2.05, 4.69) is 48.6 Å². The molecular formula is C22H34N4O. The Bertz CT molecular complexity index is 633. The third-order valence-corrected chi connectivity index (χ3v) is 4.50. The summed E-state index contributed by atoms with van der Waals surface area (Å²) in [5, 5.41) is 6.96. The number of hydrogen-bond donors (Lipinski definition) is 2. The van der Waals surface area contributed by atoms with Crippen LogP contribution in [0.5, 0.6) is 5.75 Å². The van der Waals surface area contributed by atoms with Crippen LogP contribution in [0.15, 0.2) is 54.1 Å². The van der Waals surface area contributed by atoms with Crippen molar-refractivity contribution in [3.05, 3.63) is 54.6 Å². The molecule has 0 amide bonds. The number of likely N-dealkylation sites (tertiary alicyclic amines) is 1. The van der Waals surface area contributed by atoms with Gasteiger partial charge in [0, 0.05) is 37.8 Å². The van der Waals surface area contributed by atoms with Gasteiger partial charge < -0.3 is 15.4 Å². The molecule has 0 aliphatic carbocycles. The lowest BCUT2D eigenvalue weighted by molar-refractivity contribution is 0.221. The Kier molecular flexibility index (Phi) is 8.92. The minimum Gasteiger partial charge on any atom is -0.489 e. The average Bonchev–Trinajstić information content (AvgIpc) is 2.66. The zero-order valence-electron chi connectivity index (χ0n) is 16.8. The molecule has 1 aliphatic rings. The molecule has 1 aliphatic heterocycles. The van der Waals surface area contributed by atoms with Crippen molar-refractivity contribution in [3.8, 4) is 5.75 Å². The molecule has 148 valence electrons. The standard InChI is InChI=1S/C22H34N4O/c1-5-15-27-21-10-8-7-9-19(21)16-24-22(23-6-2)25-20-11-13-26(14-12-20)17-18(3)4/h5,7-10,20H,1,3,6,11-17H2,2,4H3,(H2,23,24,25). The van der Waals surface area contributed by atoms with E-state index in [-0.39, 0.29) is 0 Å². The Labute approximate surface area is 164 Å². The van der Waals surface area contributed by atoms with E-state index in [9.17, 15) is 0 Å². The Hall–Kier alpha value is -2.27. The molecule has 1 aromatic carbocycles. The molecule has 5 nitrogen and oxygen atoms in total. The molecule has 2 rings (SSSR count). The Balaban J connectivity index is 1.93. The van der Waals surface area contributed by atoms with Crippen LogP contribution in [0.1, 0.15) is 32.3 Å². The number of para-hydroxylation sites is 1. The first-order valence-corrected chi connectivity index (χ1v) is 9.85. The maximum absolute atomic E-state index is 5.73. The van der Waals surface area contributed by atoms with Gasteiger partial charge in [0.1, 0.15) is 12.4 Å². The molecule has 0 unspecified atom stereocenters. The van der Waals surface area contributed by atoms with Gasteiger partial charge >= 0.3 is 0 Å². The molecule has 0 bridgehead atoms. The van der Waals surface area contributed by atoms with Gasteiger partial charge in [-0.25, -0.2) is 4.99 Å². The van der Waals surface area contributed by atoms with E-state index in [0.29, 0.717) is 19.2 Å². The molecule has 0 aromatic heterocycles. The van der Waals surface area contributed by atoms with Gasteiger partial charge in [0.05, 0.1) is 6.54 Å². The van der Waals surface area contributed by atoms with Crippen molar-refractivity contribution in [1.82, 2.24) is 15.5 Å². The van der Waals surface area contributed by atoms with E-state index in [1.54, 1.807) is 6.08 Å². The third-order valence-electron chi connectivity index (χ3n) is 4.50. The van der Waals surface area contributed by atoms with Gasteiger partial charge in [0.25, 0.3) is 0 Å². The van der Waals surface area contributed by atoms with Crippen molar-refractivity contribution in [1.29, 1.82) is 0 Å². The highest BCUT2D eigenvalue weighted by atomic mass is 16.5. The monoisotopic (exact) mass is 370 g/mol. The van der Waals surface area contributed by atoms with E-state index >= 15 is 0 Å². The van der Waals surface area contributed by atoms with Crippen LogP contribution in [0.2, 0.25) is 0 Å². The summed E-state index contributed by atoms with van der Waals surface area (Å²) in [5.41, 5.74) is 2.31. The highest BCUT2D eigenvalue weighted by Crippen LogP contribution is 2.19. The number of ether oxygens (including phenoxy) is 1. The Morgan fingerprint density at radius 3 is 2.74 bits per heavy atom. The van der Waals surface area contributed by atoms with Gasteiger partial charge in [-0.15, -0.1) is 0 Å². The highest BCUT2D eigenvalue weighted by molar-refractivity contribution is 5.80. The van der Waals surface area contributed by atoms with Crippen LogP contribution in [0, 0.1) is 0 Å². The molecule has 0 saturated carbocycles. The lowest BCUT2D eigenvalue weighted by Gasteiger charge is -2.33. The maximum Gasteiger partial charge on any atom is 0.191 e. The van der Waals surface area contributed by atoms with Crippen molar-refractivity contribution in [2.75, 3.05) is 32.8 Å². The number of aliphatic imine (C=N–C) groups is 1.